The van der Waals surface area contributed by atoms with E-state index in [0.717, 1.165) is 19.3 Å². The summed E-state index contributed by atoms with van der Waals surface area (Å²) in [5.74, 6) is 0. The van der Waals surface area contributed by atoms with Crippen LogP contribution in [0, 0.1) is 0 Å². The molecule has 0 unspecified atom stereocenters. The summed E-state index contributed by atoms with van der Waals surface area (Å²) in [5.41, 5.74) is 1.40. The Kier molecular flexibility index (Phi) is 7.61. The third-order valence-electron chi connectivity index (χ3n) is 2.92. The zero-order valence-electron chi connectivity index (χ0n) is 12.1. The van der Waals surface area contributed by atoms with Gasteiger partial charge in [0.2, 0.25) is 0 Å². The number of hydrogen-bond donors (Lipinski definition) is 0. The zero-order valence-corrected chi connectivity index (χ0v) is 15.7. The van der Waals surface area contributed by atoms with Gasteiger partial charge in [0.15, 0.2) is 0 Å². The predicted octanol–water partition coefficient (Wildman–Crippen LogP) is 4.01. The van der Waals surface area contributed by atoms with Crippen LogP contribution in [-0.2, 0) is 29.8 Å². The van der Waals surface area contributed by atoms with Crippen molar-refractivity contribution in [2.24, 2.45) is 0 Å². The molecule has 0 saturated heterocycles. The summed E-state index contributed by atoms with van der Waals surface area (Å²) < 4.78 is 19.5. The van der Waals surface area contributed by atoms with E-state index in [1.165, 1.54) is 8.90 Å². The average Bonchev–Trinajstić information content (AvgIpc) is 2.79. The van der Waals surface area contributed by atoms with Gasteiger partial charge in [0.25, 0.3) is 0 Å². The second-order valence-corrected chi connectivity index (χ2v) is 13.5. The molecule has 104 valence electrons. The van der Waals surface area contributed by atoms with Crippen molar-refractivity contribution in [1.82, 2.24) is 0 Å². The first kappa shape index (κ1) is 16.3. The second kappa shape index (κ2) is 8.41. The molecular formula is C14H26HfO3. The molecule has 0 aromatic carbocycles. The van der Waals surface area contributed by atoms with E-state index in [9.17, 15) is 0 Å². The van der Waals surface area contributed by atoms with E-state index < -0.39 is 21.3 Å². The van der Waals surface area contributed by atoms with Crippen LogP contribution in [0.4, 0.5) is 0 Å². The molecule has 0 atom stereocenters. The number of hydrogen-bond acceptors (Lipinski definition) is 3. The quantitative estimate of drug-likeness (QED) is 0.527. The fourth-order valence-electron chi connectivity index (χ4n) is 2.33. The molecule has 3 nitrogen and oxygen atoms in total. The van der Waals surface area contributed by atoms with Gasteiger partial charge in [-0.2, -0.15) is 0 Å². The van der Waals surface area contributed by atoms with E-state index in [1.54, 1.807) is 0 Å². The van der Waals surface area contributed by atoms with Crippen LogP contribution in [0.15, 0.2) is 21.1 Å². The summed E-state index contributed by atoms with van der Waals surface area (Å²) in [7, 11) is 0. The Morgan fingerprint density at radius 2 is 1.56 bits per heavy atom. The van der Waals surface area contributed by atoms with E-state index in [1.807, 2.05) is 20.8 Å². The Balaban J connectivity index is 3.03. The van der Waals surface area contributed by atoms with Gasteiger partial charge >= 0.3 is 118 Å². The van der Waals surface area contributed by atoms with Crippen molar-refractivity contribution in [2.75, 3.05) is 19.8 Å². The van der Waals surface area contributed by atoms with Gasteiger partial charge in [-0.25, -0.2) is 0 Å². The first-order valence-electron chi connectivity index (χ1n) is 7.04. The van der Waals surface area contributed by atoms with E-state index in [4.69, 9.17) is 8.56 Å². The fraction of sp³-hybridized carbons (Fsp3) is 0.714. The van der Waals surface area contributed by atoms with Crippen LogP contribution in [0.2, 0.25) is 0 Å². The van der Waals surface area contributed by atoms with Crippen LogP contribution >= 0.6 is 0 Å². The van der Waals surface area contributed by atoms with E-state index in [-0.39, 0.29) is 0 Å². The molecule has 0 aliphatic heterocycles. The second-order valence-electron chi connectivity index (χ2n) is 4.22. The van der Waals surface area contributed by atoms with Crippen molar-refractivity contribution in [1.29, 1.82) is 0 Å². The zero-order chi connectivity index (χ0) is 13.4. The van der Waals surface area contributed by atoms with Crippen molar-refractivity contribution < 1.29 is 29.8 Å². The van der Waals surface area contributed by atoms with Crippen LogP contribution in [0.3, 0.4) is 0 Å². The van der Waals surface area contributed by atoms with Gasteiger partial charge in [-0.1, -0.05) is 0 Å². The Morgan fingerprint density at radius 3 is 2.00 bits per heavy atom. The van der Waals surface area contributed by atoms with Gasteiger partial charge < -0.3 is 0 Å². The molecule has 1 rings (SSSR count). The van der Waals surface area contributed by atoms with E-state index in [0.29, 0.717) is 19.8 Å². The van der Waals surface area contributed by atoms with Crippen LogP contribution in [0.25, 0.3) is 0 Å². The van der Waals surface area contributed by atoms with Crippen molar-refractivity contribution in [2.45, 2.75) is 47.0 Å². The van der Waals surface area contributed by atoms with E-state index in [2.05, 4.69) is 19.1 Å². The average molecular weight is 421 g/mol. The minimum absolute atomic E-state index is 0.671. The Labute approximate surface area is 117 Å². The maximum atomic E-state index is 6.05. The molecule has 0 bridgehead atoms. The summed E-state index contributed by atoms with van der Waals surface area (Å²) in [6.07, 6.45) is 7.64. The van der Waals surface area contributed by atoms with Gasteiger partial charge in [-0.15, -0.1) is 0 Å². The van der Waals surface area contributed by atoms with Gasteiger partial charge in [0.05, 0.1) is 0 Å². The summed E-state index contributed by atoms with van der Waals surface area (Å²) in [6, 6.07) is 0. The summed E-state index contributed by atoms with van der Waals surface area (Å²) >= 11 is -3.65. The van der Waals surface area contributed by atoms with Crippen LogP contribution in [0.1, 0.15) is 47.0 Å². The normalized spacial score (nSPS) is 15.8. The fourth-order valence-corrected chi connectivity index (χ4v) is 12.7. The first-order chi connectivity index (χ1) is 8.74. The molecule has 1 aliphatic rings. The molecule has 0 radical (unpaired) electrons. The molecule has 0 fully saturated rings. The Morgan fingerprint density at radius 1 is 1.00 bits per heavy atom. The Hall–Kier alpha value is 0.230. The SMILES string of the molecule is CCCC1=[C]([Hf]([O]CC)([O]CC)[O]CC)CC=C1. The maximum absolute atomic E-state index is 6.05. The molecule has 0 spiro atoms. The number of allylic oxidation sites excluding steroid dienone is 4. The Bertz CT molecular complexity index is 293. The minimum atomic E-state index is -3.65. The third kappa shape index (κ3) is 3.86. The molecule has 0 N–H and O–H groups in total. The van der Waals surface area contributed by atoms with Crippen molar-refractivity contribution >= 4 is 0 Å². The summed E-state index contributed by atoms with van der Waals surface area (Å²) in [6.45, 7) is 10.3. The molecule has 0 saturated carbocycles. The van der Waals surface area contributed by atoms with Crippen molar-refractivity contribution in [3.05, 3.63) is 21.1 Å². The first-order valence-corrected chi connectivity index (χ1v) is 13.2. The summed E-state index contributed by atoms with van der Waals surface area (Å²) in [4.78, 5) is 0. The van der Waals surface area contributed by atoms with E-state index >= 15 is 0 Å². The van der Waals surface area contributed by atoms with Gasteiger partial charge in [0, 0.05) is 0 Å². The molecule has 0 amide bonds. The summed E-state index contributed by atoms with van der Waals surface area (Å²) in [5, 5.41) is 0. The molecule has 0 aromatic rings. The molecule has 0 heterocycles. The van der Waals surface area contributed by atoms with Crippen LogP contribution < -0.4 is 0 Å². The van der Waals surface area contributed by atoms with Crippen molar-refractivity contribution in [3.8, 4) is 0 Å². The monoisotopic (exact) mass is 422 g/mol. The molecule has 1 aliphatic carbocycles. The number of rotatable bonds is 9. The van der Waals surface area contributed by atoms with Gasteiger partial charge in [0.1, 0.15) is 0 Å². The van der Waals surface area contributed by atoms with Gasteiger partial charge in [-0.3, -0.25) is 0 Å². The molecule has 18 heavy (non-hydrogen) atoms. The molecule has 4 heteroatoms. The standard InChI is InChI=1S/C8H11.3C2H5O.Hf/c1-2-5-8-6-3-4-7-8;3*1-2-3;/h3,6H,2,4-5H2,1H3;3*2H2,1H3;/q;3*-1;+3. The van der Waals surface area contributed by atoms with Crippen molar-refractivity contribution in [3.63, 3.8) is 0 Å². The van der Waals surface area contributed by atoms with Crippen LogP contribution in [0.5, 0.6) is 0 Å². The molecule has 0 aromatic heterocycles. The van der Waals surface area contributed by atoms with Gasteiger partial charge in [-0.05, 0) is 0 Å². The topological polar surface area (TPSA) is 27.7 Å². The molecular weight excluding hydrogens is 395 g/mol. The predicted molar refractivity (Wildman–Crippen MR) is 70.6 cm³/mol. The van der Waals surface area contributed by atoms with Crippen LogP contribution in [-0.4, -0.2) is 19.8 Å². The third-order valence-corrected chi connectivity index (χ3v) is 14.7.